The molecule has 1 aromatic rings. The maximum absolute atomic E-state index is 12.2. The molecule has 0 saturated carbocycles. The van der Waals surface area contributed by atoms with Crippen LogP contribution in [0.15, 0.2) is 34.8 Å². The molecule has 0 fully saturated rings. The van der Waals surface area contributed by atoms with E-state index in [1.807, 2.05) is 6.92 Å². The molecule has 5 heteroatoms. The fraction of sp³-hybridized carbons (Fsp3) is 0.333. The third-order valence-corrected chi connectivity index (χ3v) is 2.47. The highest BCUT2D eigenvalue weighted by Crippen LogP contribution is 2.24. The maximum Gasteiger partial charge on any atom is 0.387 e. The lowest BCUT2D eigenvalue weighted by Gasteiger charge is -2.12. The summed E-state index contributed by atoms with van der Waals surface area (Å²) >= 11 is 3.29. The first kappa shape index (κ1) is 14.1. The van der Waals surface area contributed by atoms with Crippen molar-refractivity contribution in [1.82, 2.24) is 5.32 Å². The summed E-state index contributed by atoms with van der Waals surface area (Å²) in [5.41, 5.74) is 1.66. The Morgan fingerprint density at radius 3 is 2.82 bits per heavy atom. The zero-order valence-corrected chi connectivity index (χ0v) is 11.1. The molecule has 0 saturated heterocycles. The summed E-state index contributed by atoms with van der Waals surface area (Å²) in [6, 6.07) is 4.94. The lowest BCUT2D eigenvalue weighted by Crippen LogP contribution is -2.16. The van der Waals surface area contributed by atoms with Crippen LogP contribution in [0, 0.1) is 0 Å². The standard InChI is InChI=1S/C12H14BrF2NO/c1-8(2)6-16-7-9-5-10(13)3-4-11(9)17-12(14)15/h3-5,12,16H,1,6-7H2,2H3. The van der Waals surface area contributed by atoms with Crippen molar-refractivity contribution in [3.8, 4) is 5.75 Å². The van der Waals surface area contributed by atoms with Crippen LogP contribution in [0.1, 0.15) is 12.5 Å². The molecule has 17 heavy (non-hydrogen) atoms. The second kappa shape index (κ2) is 6.71. The van der Waals surface area contributed by atoms with Gasteiger partial charge in [-0.05, 0) is 25.1 Å². The van der Waals surface area contributed by atoms with Crippen LogP contribution in [0.5, 0.6) is 5.75 Å². The van der Waals surface area contributed by atoms with Crippen molar-refractivity contribution in [2.75, 3.05) is 6.54 Å². The van der Waals surface area contributed by atoms with Gasteiger partial charge in [0.25, 0.3) is 0 Å². The van der Waals surface area contributed by atoms with Crippen LogP contribution >= 0.6 is 15.9 Å². The largest absolute Gasteiger partial charge is 0.434 e. The Hall–Kier alpha value is -0.940. The van der Waals surface area contributed by atoms with Crippen LogP contribution < -0.4 is 10.1 Å². The van der Waals surface area contributed by atoms with E-state index >= 15 is 0 Å². The molecular formula is C12H14BrF2NO. The van der Waals surface area contributed by atoms with Crippen LogP contribution in [-0.4, -0.2) is 13.2 Å². The number of hydrogen-bond acceptors (Lipinski definition) is 2. The van der Waals surface area contributed by atoms with Crippen molar-refractivity contribution in [2.45, 2.75) is 20.1 Å². The van der Waals surface area contributed by atoms with Crippen molar-refractivity contribution in [3.63, 3.8) is 0 Å². The van der Waals surface area contributed by atoms with Crippen molar-refractivity contribution in [1.29, 1.82) is 0 Å². The van der Waals surface area contributed by atoms with Gasteiger partial charge in [-0.1, -0.05) is 28.1 Å². The molecule has 2 nitrogen and oxygen atoms in total. The van der Waals surface area contributed by atoms with Gasteiger partial charge in [0.2, 0.25) is 0 Å². The Morgan fingerprint density at radius 1 is 1.53 bits per heavy atom. The Labute approximate surface area is 108 Å². The quantitative estimate of drug-likeness (QED) is 0.809. The number of nitrogens with one attached hydrogen (secondary N) is 1. The fourth-order valence-corrected chi connectivity index (χ4v) is 1.72. The molecule has 1 rings (SSSR count). The minimum atomic E-state index is -2.81. The molecule has 1 aromatic carbocycles. The summed E-state index contributed by atoms with van der Waals surface area (Å²) in [4.78, 5) is 0. The van der Waals surface area contributed by atoms with Gasteiger partial charge >= 0.3 is 6.61 Å². The molecule has 0 atom stereocenters. The van der Waals surface area contributed by atoms with E-state index in [9.17, 15) is 8.78 Å². The average Bonchev–Trinajstić information content (AvgIpc) is 2.21. The Kier molecular flexibility index (Phi) is 5.58. The topological polar surface area (TPSA) is 21.3 Å². The van der Waals surface area contributed by atoms with Gasteiger partial charge in [-0.15, -0.1) is 0 Å². The smallest absolute Gasteiger partial charge is 0.387 e. The predicted molar refractivity (Wildman–Crippen MR) is 67.3 cm³/mol. The molecule has 0 radical (unpaired) electrons. The first-order valence-electron chi connectivity index (χ1n) is 5.07. The minimum Gasteiger partial charge on any atom is -0.434 e. The first-order chi connectivity index (χ1) is 7.99. The van der Waals surface area contributed by atoms with Crippen LogP contribution in [0.25, 0.3) is 0 Å². The number of alkyl halides is 2. The molecule has 0 unspecified atom stereocenters. The second-order valence-corrected chi connectivity index (χ2v) is 4.61. The third kappa shape index (κ3) is 5.28. The van der Waals surface area contributed by atoms with Gasteiger partial charge < -0.3 is 10.1 Å². The highest BCUT2D eigenvalue weighted by Gasteiger charge is 2.09. The van der Waals surface area contributed by atoms with E-state index in [2.05, 4.69) is 32.6 Å². The van der Waals surface area contributed by atoms with Gasteiger partial charge in [0, 0.05) is 23.1 Å². The van der Waals surface area contributed by atoms with Gasteiger partial charge in [-0.25, -0.2) is 0 Å². The van der Waals surface area contributed by atoms with Crippen molar-refractivity contribution >= 4 is 15.9 Å². The molecule has 0 spiro atoms. The average molecular weight is 306 g/mol. The predicted octanol–water partition coefficient (Wildman–Crippen LogP) is 3.72. The molecule has 1 N–H and O–H groups in total. The molecule has 0 bridgehead atoms. The molecule has 0 heterocycles. The van der Waals surface area contributed by atoms with Crippen LogP contribution in [0.3, 0.4) is 0 Å². The van der Waals surface area contributed by atoms with Gasteiger partial charge in [-0.3, -0.25) is 0 Å². The summed E-state index contributed by atoms with van der Waals surface area (Å²) in [6.07, 6.45) is 0. The Morgan fingerprint density at radius 2 is 2.24 bits per heavy atom. The second-order valence-electron chi connectivity index (χ2n) is 3.69. The Balaban J connectivity index is 2.72. The van der Waals surface area contributed by atoms with Crippen LogP contribution in [0.4, 0.5) is 8.78 Å². The normalized spacial score (nSPS) is 10.6. The number of benzene rings is 1. The summed E-state index contributed by atoms with van der Waals surface area (Å²) in [7, 11) is 0. The highest BCUT2D eigenvalue weighted by atomic mass is 79.9. The molecule has 0 aliphatic rings. The van der Waals surface area contributed by atoms with Gasteiger partial charge in [0.1, 0.15) is 5.75 Å². The molecule has 0 aromatic heterocycles. The minimum absolute atomic E-state index is 0.192. The summed E-state index contributed by atoms with van der Waals surface area (Å²) in [5, 5.41) is 3.10. The van der Waals surface area contributed by atoms with Crippen molar-refractivity contribution < 1.29 is 13.5 Å². The summed E-state index contributed by atoms with van der Waals surface area (Å²) in [6.45, 7) is 3.93. The van der Waals surface area contributed by atoms with Crippen LogP contribution in [0.2, 0.25) is 0 Å². The number of ether oxygens (including phenoxy) is 1. The van der Waals surface area contributed by atoms with E-state index in [4.69, 9.17) is 0 Å². The first-order valence-corrected chi connectivity index (χ1v) is 5.86. The van der Waals surface area contributed by atoms with E-state index < -0.39 is 6.61 Å². The molecule has 0 amide bonds. The van der Waals surface area contributed by atoms with Crippen molar-refractivity contribution in [2.24, 2.45) is 0 Å². The lowest BCUT2D eigenvalue weighted by atomic mass is 10.2. The van der Waals surface area contributed by atoms with Gasteiger partial charge in [0.05, 0.1) is 0 Å². The van der Waals surface area contributed by atoms with E-state index in [-0.39, 0.29) is 5.75 Å². The SMILES string of the molecule is C=C(C)CNCc1cc(Br)ccc1OC(F)F. The van der Waals surface area contributed by atoms with E-state index in [1.54, 1.807) is 12.1 Å². The zero-order chi connectivity index (χ0) is 12.8. The number of rotatable bonds is 6. The highest BCUT2D eigenvalue weighted by molar-refractivity contribution is 9.10. The zero-order valence-electron chi connectivity index (χ0n) is 9.47. The van der Waals surface area contributed by atoms with E-state index in [0.29, 0.717) is 18.7 Å². The molecule has 0 aliphatic carbocycles. The fourth-order valence-electron chi connectivity index (χ4n) is 1.31. The molecule has 94 valence electrons. The maximum atomic E-state index is 12.2. The van der Waals surface area contributed by atoms with Gasteiger partial charge in [0.15, 0.2) is 0 Å². The Bertz CT molecular complexity index is 396. The van der Waals surface area contributed by atoms with E-state index in [0.717, 1.165) is 10.0 Å². The number of halogens is 3. The summed E-state index contributed by atoms with van der Waals surface area (Å²) < 4.78 is 29.6. The van der Waals surface area contributed by atoms with Crippen molar-refractivity contribution in [3.05, 3.63) is 40.4 Å². The van der Waals surface area contributed by atoms with Crippen LogP contribution in [-0.2, 0) is 6.54 Å². The number of hydrogen-bond donors (Lipinski definition) is 1. The molecule has 0 aliphatic heterocycles. The van der Waals surface area contributed by atoms with E-state index in [1.165, 1.54) is 6.07 Å². The monoisotopic (exact) mass is 305 g/mol. The summed E-state index contributed by atoms with van der Waals surface area (Å²) in [5.74, 6) is 0.192. The molecular weight excluding hydrogens is 292 g/mol. The lowest BCUT2D eigenvalue weighted by molar-refractivity contribution is -0.0505. The third-order valence-electron chi connectivity index (χ3n) is 1.98. The van der Waals surface area contributed by atoms with Gasteiger partial charge in [-0.2, -0.15) is 8.78 Å².